The number of aliphatic hydroxyl groups excluding tert-OH is 1. The average Bonchev–Trinajstić information content (AvgIpc) is 2.83. The van der Waals surface area contributed by atoms with Crippen molar-refractivity contribution < 1.29 is 19.8 Å². The van der Waals surface area contributed by atoms with Gasteiger partial charge in [-0.15, -0.1) is 0 Å². The third kappa shape index (κ3) is 3.06. The Balaban J connectivity index is 2.08. The fraction of sp³-hybridized carbons (Fsp3) is 0.857. The molecule has 2 atom stereocenters. The molecule has 0 aromatic heterocycles. The second-order valence-corrected chi connectivity index (χ2v) is 5.76. The van der Waals surface area contributed by atoms with Gasteiger partial charge in [0.25, 0.3) is 0 Å². The minimum absolute atomic E-state index is 0.124. The van der Waals surface area contributed by atoms with Crippen LogP contribution in [0, 0.1) is 0 Å². The highest BCUT2D eigenvalue weighted by Gasteiger charge is 2.41. The van der Waals surface area contributed by atoms with Crippen molar-refractivity contribution in [1.29, 1.82) is 0 Å². The van der Waals surface area contributed by atoms with Gasteiger partial charge in [-0.1, -0.05) is 19.3 Å². The van der Waals surface area contributed by atoms with Crippen LogP contribution in [0.5, 0.6) is 0 Å². The number of nitrogens with zero attached hydrogens (tertiary/aromatic N) is 2. The Bertz CT molecular complexity index is 368. The zero-order chi connectivity index (χ0) is 14.7. The van der Waals surface area contributed by atoms with Gasteiger partial charge >= 0.3 is 12.0 Å². The fourth-order valence-electron chi connectivity index (χ4n) is 3.37. The Morgan fingerprint density at radius 1 is 1.25 bits per heavy atom. The summed E-state index contributed by atoms with van der Waals surface area (Å²) < 4.78 is 0. The Morgan fingerprint density at radius 2 is 1.90 bits per heavy atom. The van der Waals surface area contributed by atoms with Crippen LogP contribution in [0.3, 0.4) is 0 Å². The van der Waals surface area contributed by atoms with Crippen molar-refractivity contribution in [2.75, 3.05) is 13.1 Å². The lowest BCUT2D eigenvalue weighted by Crippen LogP contribution is -2.52. The summed E-state index contributed by atoms with van der Waals surface area (Å²) in [6, 6.07) is -0.910. The van der Waals surface area contributed by atoms with Gasteiger partial charge in [0, 0.05) is 25.6 Å². The van der Waals surface area contributed by atoms with Gasteiger partial charge in [0.15, 0.2) is 0 Å². The van der Waals surface area contributed by atoms with E-state index >= 15 is 0 Å². The molecule has 0 aromatic carbocycles. The summed E-state index contributed by atoms with van der Waals surface area (Å²) in [5, 5.41) is 18.8. The standard InChI is InChI=1S/C14H24N2O4/c1-2-15(10-6-4-3-5-7-10)14(20)16-9-11(17)8-12(16)13(18)19/h10-12,17H,2-9H2,1H3,(H,18,19)/t11-,12-/m1/s1. The van der Waals surface area contributed by atoms with E-state index < -0.39 is 18.1 Å². The minimum Gasteiger partial charge on any atom is -0.480 e. The first-order valence-corrected chi connectivity index (χ1v) is 7.52. The number of rotatable bonds is 3. The number of hydrogen-bond acceptors (Lipinski definition) is 3. The molecule has 2 amide bonds. The Labute approximate surface area is 119 Å². The van der Waals surface area contributed by atoms with Crippen LogP contribution in [0.25, 0.3) is 0 Å². The number of carboxylic acid groups (broad SMARTS) is 1. The van der Waals surface area contributed by atoms with Crippen molar-refractivity contribution in [2.45, 2.75) is 63.6 Å². The minimum atomic E-state index is -1.03. The molecule has 0 spiro atoms. The van der Waals surface area contributed by atoms with Crippen LogP contribution in [0.15, 0.2) is 0 Å². The molecule has 1 heterocycles. The molecule has 6 nitrogen and oxygen atoms in total. The van der Waals surface area contributed by atoms with Gasteiger partial charge in [-0.25, -0.2) is 9.59 Å². The van der Waals surface area contributed by atoms with Gasteiger partial charge < -0.3 is 20.0 Å². The lowest BCUT2D eigenvalue weighted by Gasteiger charge is -2.37. The van der Waals surface area contributed by atoms with E-state index in [0.717, 1.165) is 25.7 Å². The van der Waals surface area contributed by atoms with E-state index in [1.807, 2.05) is 6.92 Å². The first kappa shape index (κ1) is 15.1. The van der Waals surface area contributed by atoms with E-state index in [1.54, 1.807) is 4.90 Å². The van der Waals surface area contributed by atoms with E-state index in [-0.39, 0.29) is 25.0 Å². The molecule has 0 radical (unpaired) electrons. The van der Waals surface area contributed by atoms with E-state index in [9.17, 15) is 19.8 Å². The summed E-state index contributed by atoms with van der Waals surface area (Å²) in [5.41, 5.74) is 0. The molecule has 1 saturated carbocycles. The predicted octanol–water partition coefficient (Wildman–Crippen LogP) is 1.28. The third-order valence-corrected chi connectivity index (χ3v) is 4.41. The first-order chi connectivity index (χ1) is 9.54. The molecule has 0 aromatic rings. The molecular formula is C14H24N2O4. The van der Waals surface area contributed by atoms with Gasteiger partial charge in [-0.05, 0) is 19.8 Å². The Morgan fingerprint density at radius 3 is 2.45 bits per heavy atom. The molecule has 1 saturated heterocycles. The van der Waals surface area contributed by atoms with Crippen molar-refractivity contribution in [3.05, 3.63) is 0 Å². The molecule has 2 N–H and O–H groups in total. The maximum Gasteiger partial charge on any atom is 0.326 e. The summed E-state index contributed by atoms with van der Waals surface area (Å²) in [6.45, 7) is 2.64. The van der Waals surface area contributed by atoms with Crippen LogP contribution in [0.1, 0.15) is 45.4 Å². The fourth-order valence-corrected chi connectivity index (χ4v) is 3.37. The topological polar surface area (TPSA) is 81.1 Å². The number of likely N-dealkylation sites (tertiary alicyclic amines) is 1. The number of β-amino-alcohol motifs (C(OH)–C–C–N with tert-alkyl or cyclic N) is 1. The van der Waals surface area contributed by atoms with Crippen LogP contribution < -0.4 is 0 Å². The van der Waals surface area contributed by atoms with Crippen molar-refractivity contribution in [2.24, 2.45) is 0 Å². The van der Waals surface area contributed by atoms with Crippen molar-refractivity contribution in [3.63, 3.8) is 0 Å². The quantitative estimate of drug-likeness (QED) is 0.818. The number of carboxylic acids is 1. The number of aliphatic hydroxyl groups is 1. The van der Waals surface area contributed by atoms with E-state index in [2.05, 4.69) is 0 Å². The average molecular weight is 284 g/mol. The first-order valence-electron chi connectivity index (χ1n) is 7.52. The van der Waals surface area contributed by atoms with Crippen LogP contribution in [0.4, 0.5) is 4.79 Å². The molecule has 20 heavy (non-hydrogen) atoms. The molecule has 1 aliphatic heterocycles. The molecular weight excluding hydrogens is 260 g/mol. The maximum absolute atomic E-state index is 12.6. The van der Waals surface area contributed by atoms with Gasteiger partial charge in [0.1, 0.15) is 6.04 Å². The van der Waals surface area contributed by atoms with E-state index in [4.69, 9.17) is 0 Å². The van der Waals surface area contributed by atoms with Crippen molar-refractivity contribution in [1.82, 2.24) is 9.80 Å². The number of urea groups is 1. The van der Waals surface area contributed by atoms with Gasteiger partial charge in [-0.2, -0.15) is 0 Å². The molecule has 2 aliphatic rings. The van der Waals surface area contributed by atoms with Gasteiger partial charge in [0.2, 0.25) is 0 Å². The molecule has 114 valence electrons. The molecule has 0 bridgehead atoms. The largest absolute Gasteiger partial charge is 0.480 e. The lowest BCUT2D eigenvalue weighted by atomic mass is 9.94. The molecule has 1 aliphatic carbocycles. The van der Waals surface area contributed by atoms with Gasteiger partial charge in [0.05, 0.1) is 6.10 Å². The van der Waals surface area contributed by atoms with Crippen LogP contribution in [0.2, 0.25) is 0 Å². The normalized spacial score (nSPS) is 27.6. The SMILES string of the molecule is CCN(C(=O)N1C[C@H](O)C[C@@H]1C(=O)O)C1CCCCC1. The monoisotopic (exact) mass is 284 g/mol. The molecule has 2 fully saturated rings. The number of aliphatic carboxylic acids is 1. The third-order valence-electron chi connectivity index (χ3n) is 4.41. The summed E-state index contributed by atoms with van der Waals surface area (Å²) in [5.74, 6) is -1.03. The summed E-state index contributed by atoms with van der Waals surface area (Å²) in [6.07, 6.45) is 4.84. The van der Waals surface area contributed by atoms with Crippen LogP contribution in [-0.2, 0) is 4.79 Å². The highest BCUT2D eigenvalue weighted by atomic mass is 16.4. The summed E-state index contributed by atoms with van der Waals surface area (Å²) in [7, 11) is 0. The van der Waals surface area contributed by atoms with Crippen molar-refractivity contribution in [3.8, 4) is 0 Å². The van der Waals surface area contributed by atoms with Crippen LogP contribution in [-0.4, -0.2) is 63.3 Å². The zero-order valence-corrected chi connectivity index (χ0v) is 12.0. The number of carbonyl (C=O) groups excluding carboxylic acids is 1. The second-order valence-electron chi connectivity index (χ2n) is 5.76. The predicted molar refractivity (Wildman–Crippen MR) is 73.4 cm³/mol. The van der Waals surface area contributed by atoms with Crippen LogP contribution >= 0.6 is 0 Å². The highest BCUT2D eigenvalue weighted by Crippen LogP contribution is 2.26. The smallest absolute Gasteiger partial charge is 0.326 e. The highest BCUT2D eigenvalue weighted by molar-refractivity contribution is 5.83. The maximum atomic E-state index is 12.6. The van der Waals surface area contributed by atoms with Crippen molar-refractivity contribution >= 4 is 12.0 Å². The molecule has 0 unspecified atom stereocenters. The zero-order valence-electron chi connectivity index (χ0n) is 12.0. The summed E-state index contributed by atoms with van der Waals surface area (Å²) in [4.78, 5) is 26.9. The number of amides is 2. The van der Waals surface area contributed by atoms with E-state index in [1.165, 1.54) is 11.3 Å². The second kappa shape index (κ2) is 6.43. The number of hydrogen-bond donors (Lipinski definition) is 2. The Kier molecular flexibility index (Phi) is 4.86. The lowest BCUT2D eigenvalue weighted by molar-refractivity contribution is -0.141. The van der Waals surface area contributed by atoms with E-state index in [0.29, 0.717) is 6.54 Å². The summed E-state index contributed by atoms with van der Waals surface area (Å²) >= 11 is 0. The van der Waals surface area contributed by atoms with Gasteiger partial charge in [-0.3, -0.25) is 0 Å². The molecule has 2 rings (SSSR count). The number of carbonyl (C=O) groups is 2. The Hall–Kier alpha value is -1.30. The molecule has 6 heteroatoms.